The Labute approximate surface area is 101 Å². The Morgan fingerprint density at radius 3 is 2.47 bits per heavy atom. The Morgan fingerprint density at radius 1 is 1.24 bits per heavy atom. The normalized spacial score (nSPS) is 12.4. The molecule has 0 radical (unpaired) electrons. The van der Waals surface area contributed by atoms with Crippen LogP contribution in [0.2, 0.25) is 0 Å². The molecule has 2 nitrogen and oxygen atoms in total. The van der Waals surface area contributed by atoms with Crippen LogP contribution in [0.15, 0.2) is 18.3 Å². The zero-order chi connectivity index (χ0) is 12.8. The molecule has 0 amide bonds. The summed E-state index contributed by atoms with van der Waals surface area (Å²) in [5, 5.41) is 10.9. The van der Waals surface area contributed by atoms with Gasteiger partial charge in [-0.15, -0.1) is 0 Å². The van der Waals surface area contributed by atoms with Crippen LogP contribution in [0, 0.1) is 19.7 Å². The number of hydrogen-bond acceptors (Lipinski definition) is 1. The first-order chi connectivity index (χ1) is 7.78. The molecule has 17 heavy (non-hydrogen) atoms. The van der Waals surface area contributed by atoms with E-state index in [0.29, 0.717) is 12.1 Å². The molecule has 0 aliphatic heterocycles. The summed E-state index contributed by atoms with van der Waals surface area (Å²) in [6.45, 7) is 7.72. The number of benzene rings is 1. The van der Waals surface area contributed by atoms with Gasteiger partial charge in [-0.25, -0.2) is 4.39 Å². The Bertz CT molecular complexity index is 564. The molecular weight excluding hydrogens is 217 g/mol. The first-order valence-electron chi connectivity index (χ1n) is 5.76. The van der Waals surface area contributed by atoms with Crippen LogP contribution >= 0.6 is 0 Å². The van der Waals surface area contributed by atoms with Gasteiger partial charge in [-0.3, -0.25) is 0 Å². The third-order valence-corrected chi connectivity index (χ3v) is 2.92. The third kappa shape index (κ3) is 2.34. The molecular formula is C14H18FNO. The number of fused-ring (bicyclic) bond motifs is 1. The summed E-state index contributed by atoms with van der Waals surface area (Å²) in [5.41, 5.74) is 1.79. The molecule has 0 saturated carbocycles. The smallest absolute Gasteiger partial charge is 0.128 e. The number of aromatic nitrogens is 1. The van der Waals surface area contributed by atoms with E-state index in [1.807, 2.05) is 23.8 Å². The molecule has 1 heterocycles. The quantitative estimate of drug-likeness (QED) is 0.849. The highest BCUT2D eigenvalue weighted by atomic mass is 19.1. The van der Waals surface area contributed by atoms with E-state index in [9.17, 15) is 9.50 Å². The number of nitrogens with zero attached hydrogens (tertiary/aromatic N) is 1. The van der Waals surface area contributed by atoms with Gasteiger partial charge in [-0.1, -0.05) is 0 Å². The van der Waals surface area contributed by atoms with E-state index in [0.717, 1.165) is 16.5 Å². The topological polar surface area (TPSA) is 25.2 Å². The lowest BCUT2D eigenvalue weighted by Crippen LogP contribution is -2.25. The summed E-state index contributed by atoms with van der Waals surface area (Å²) in [7, 11) is 0. The SMILES string of the molecule is Cc1cc2c(C)cn(CC(C)(C)O)c2cc1F. The predicted octanol–water partition coefficient (Wildman–Crippen LogP) is 3.17. The molecule has 0 saturated heterocycles. The second-order valence-corrected chi connectivity index (χ2v) is 5.37. The van der Waals surface area contributed by atoms with Gasteiger partial charge in [-0.05, 0) is 51.0 Å². The summed E-state index contributed by atoms with van der Waals surface area (Å²) >= 11 is 0. The minimum absolute atomic E-state index is 0.201. The maximum Gasteiger partial charge on any atom is 0.128 e. The molecule has 1 N–H and O–H groups in total. The zero-order valence-electron chi connectivity index (χ0n) is 10.7. The van der Waals surface area contributed by atoms with Crippen LogP contribution < -0.4 is 0 Å². The van der Waals surface area contributed by atoms with Gasteiger partial charge < -0.3 is 9.67 Å². The van der Waals surface area contributed by atoms with Gasteiger partial charge in [0.25, 0.3) is 0 Å². The largest absolute Gasteiger partial charge is 0.389 e. The van der Waals surface area contributed by atoms with Gasteiger partial charge in [0.2, 0.25) is 0 Å². The molecule has 92 valence electrons. The van der Waals surface area contributed by atoms with Gasteiger partial charge in [-0.2, -0.15) is 0 Å². The molecule has 1 aromatic carbocycles. The van der Waals surface area contributed by atoms with Crippen molar-refractivity contribution in [2.75, 3.05) is 0 Å². The highest BCUT2D eigenvalue weighted by molar-refractivity contribution is 5.84. The minimum Gasteiger partial charge on any atom is -0.389 e. The zero-order valence-corrected chi connectivity index (χ0v) is 10.7. The summed E-state index contributed by atoms with van der Waals surface area (Å²) in [5.74, 6) is -0.201. The number of rotatable bonds is 2. The van der Waals surface area contributed by atoms with Crippen molar-refractivity contribution < 1.29 is 9.50 Å². The first kappa shape index (κ1) is 12.1. The van der Waals surface area contributed by atoms with Crippen LogP contribution in [0.25, 0.3) is 10.9 Å². The van der Waals surface area contributed by atoms with Gasteiger partial charge in [0.1, 0.15) is 5.82 Å². The monoisotopic (exact) mass is 235 g/mol. The van der Waals surface area contributed by atoms with E-state index in [1.54, 1.807) is 26.8 Å². The lowest BCUT2D eigenvalue weighted by Gasteiger charge is -2.18. The van der Waals surface area contributed by atoms with Gasteiger partial charge in [0.15, 0.2) is 0 Å². The molecule has 2 rings (SSSR count). The number of aryl methyl sites for hydroxylation is 2. The lowest BCUT2D eigenvalue weighted by molar-refractivity contribution is 0.0628. The molecule has 0 spiro atoms. The molecule has 2 aromatic rings. The highest BCUT2D eigenvalue weighted by Crippen LogP contribution is 2.25. The number of halogens is 1. The fourth-order valence-electron chi connectivity index (χ4n) is 2.15. The molecule has 0 fully saturated rings. The molecule has 1 aromatic heterocycles. The number of aliphatic hydroxyl groups is 1. The molecule has 0 aliphatic rings. The van der Waals surface area contributed by atoms with Gasteiger partial charge in [0.05, 0.1) is 17.7 Å². The molecule has 0 bridgehead atoms. The van der Waals surface area contributed by atoms with Crippen LogP contribution in [0.5, 0.6) is 0 Å². The van der Waals surface area contributed by atoms with E-state index >= 15 is 0 Å². The Balaban J connectivity index is 2.62. The van der Waals surface area contributed by atoms with Gasteiger partial charge in [0, 0.05) is 11.6 Å². The standard InChI is InChI=1S/C14H18FNO/c1-9-5-11-10(2)7-16(8-14(3,4)17)13(11)6-12(9)15/h5-7,17H,8H2,1-4H3. The Kier molecular flexibility index (Phi) is 2.74. The molecule has 0 atom stereocenters. The van der Waals surface area contributed by atoms with Crippen LogP contribution in [-0.4, -0.2) is 15.3 Å². The Hall–Kier alpha value is -1.35. The molecule has 3 heteroatoms. The van der Waals surface area contributed by atoms with Crippen LogP contribution in [-0.2, 0) is 6.54 Å². The summed E-state index contributed by atoms with van der Waals surface area (Å²) < 4.78 is 15.5. The lowest BCUT2D eigenvalue weighted by atomic mass is 10.1. The highest BCUT2D eigenvalue weighted by Gasteiger charge is 2.16. The van der Waals surface area contributed by atoms with Crippen LogP contribution in [0.1, 0.15) is 25.0 Å². The van der Waals surface area contributed by atoms with Crippen molar-refractivity contribution in [1.29, 1.82) is 0 Å². The first-order valence-corrected chi connectivity index (χ1v) is 5.76. The van der Waals surface area contributed by atoms with Crippen LogP contribution in [0.3, 0.4) is 0 Å². The third-order valence-electron chi connectivity index (χ3n) is 2.92. The van der Waals surface area contributed by atoms with Crippen molar-refractivity contribution in [3.63, 3.8) is 0 Å². The summed E-state index contributed by atoms with van der Waals surface area (Å²) in [4.78, 5) is 0. The van der Waals surface area contributed by atoms with E-state index in [1.165, 1.54) is 0 Å². The second kappa shape index (κ2) is 3.84. The predicted molar refractivity (Wildman–Crippen MR) is 67.7 cm³/mol. The van der Waals surface area contributed by atoms with Crippen molar-refractivity contribution in [2.24, 2.45) is 0 Å². The van der Waals surface area contributed by atoms with E-state index in [2.05, 4.69) is 0 Å². The fraction of sp³-hybridized carbons (Fsp3) is 0.429. The van der Waals surface area contributed by atoms with E-state index in [-0.39, 0.29) is 5.82 Å². The van der Waals surface area contributed by atoms with Crippen molar-refractivity contribution >= 4 is 10.9 Å². The minimum atomic E-state index is -0.806. The van der Waals surface area contributed by atoms with Gasteiger partial charge >= 0.3 is 0 Å². The molecule has 0 unspecified atom stereocenters. The fourth-order valence-corrected chi connectivity index (χ4v) is 2.15. The van der Waals surface area contributed by atoms with Crippen molar-refractivity contribution in [3.05, 3.63) is 35.3 Å². The van der Waals surface area contributed by atoms with Crippen molar-refractivity contribution in [2.45, 2.75) is 39.8 Å². The summed E-state index contributed by atoms with van der Waals surface area (Å²) in [6.07, 6.45) is 1.96. The average Bonchev–Trinajstić information content (AvgIpc) is 2.43. The maximum absolute atomic E-state index is 13.6. The Morgan fingerprint density at radius 2 is 1.88 bits per heavy atom. The van der Waals surface area contributed by atoms with E-state index in [4.69, 9.17) is 0 Å². The second-order valence-electron chi connectivity index (χ2n) is 5.37. The van der Waals surface area contributed by atoms with Crippen molar-refractivity contribution in [1.82, 2.24) is 4.57 Å². The van der Waals surface area contributed by atoms with E-state index < -0.39 is 5.60 Å². The molecule has 0 aliphatic carbocycles. The number of hydrogen-bond donors (Lipinski definition) is 1. The summed E-state index contributed by atoms with van der Waals surface area (Å²) in [6, 6.07) is 3.41. The van der Waals surface area contributed by atoms with Crippen LogP contribution in [0.4, 0.5) is 4.39 Å². The average molecular weight is 235 g/mol. The van der Waals surface area contributed by atoms with Crippen molar-refractivity contribution in [3.8, 4) is 0 Å². The maximum atomic E-state index is 13.6.